The predicted octanol–water partition coefficient (Wildman–Crippen LogP) is 1.97. The van der Waals surface area contributed by atoms with E-state index in [1.807, 2.05) is 37.7 Å². The van der Waals surface area contributed by atoms with Crippen LogP contribution in [0.15, 0.2) is 24.3 Å². The van der Waals surface area contributed by atoms with Crippen molar-refractivity contribution in [1.29, 1.82) is 0 Å². The lowest BCUT2D eigenvalue weighted by Crippen LogP contribution is -2.43. The lowest BCUT2D eigenvalue weighted by molar-refractivity contribution is -0.115. The van der Waals surface area contributed by atoms with E-state index < -0.39 is 0 Å². The number of rotatable bonds is 5. The van der Waals surface area contributed by atoms with Crippen LogP contribution in [0.2, 0.25) is 0 Å². The van der Waals surface area contributed by atoms with Crippen molar-refractivity contribution in [3.05, 3.63) is 46.8 Å². The van der Waals surface area contributed by atoms with Crippen LogP contribution in [0.25, 0.3) is 0 Å². The Morgan fingerprint density at radius 1 is 1.15 bits per heavy atom. The number of nitrogens with one attached hydrogen (secondary N) is 1. The molecule has 6 heteroatoms. The maximum absolute atomic E-state index is 12.5. The molecule has 1 aromatic carbocycles. The molecule has 0 bridgehead atoms. The average molecular weight is 355 g/mol. The summed E-state index contributed by atoms with van der Waals surface area (Å²) in [6.07, 6.45) is 0.355. The third-order valence-corrected chi connectivity index (χ3v) is 5.21. The van der Waals surface area contributed by atoms with Gasteiger partial charge in [0.1, 0.15) is 0 Å². The number of carbonyl (C=O) groups excluding carboxylic acids is 1. The first-order valence-corrected chi connectivity index (χ1v) is 9.21. The molecule has 6 nitrogen and oxygen atoms in total. The van der Waals surface area contributed by atoms with Gasteiger partial charge in [-0.2, -0.15) is 5.10 Å². The van der Waals surface area contributed by atoms with Crippen molar-refractivity contribution in [3.63, 3.8) is 0 Å². The van der Waals surface area contributed by atoms with Gasteiger partial charge < -0.3 is 10.2 Å². The zero-order chi connectivity index (χ0) is 18.7. The number of nitrogens with zero attached hydrogens (tertiary/aromatic N) is 4. The van der Waals surface area contributed by atoms with Gasteiger partial charge in [0.25, 0.3) is 0 Å². The van der Waals surface area contributed by atoms with Gasteiger partial charge in [-0.05, 0) is 38.6 Å². The van der Waals surface area contributed by atoms with Crippen LogP contribution >= 0.6 is 0 Å². The Balaban J connectivity index is 1.60. The van der Waals surface area contributed by atoms with Gasteiger partial charge in [-0.1, -0.05) is 12.1 Å². The molecule has 26 heavy (non-hydrogen) atoms. The Labute approximate surface area is 155 Å². The molecular weight excluding hydrogens is 326 g/mol. The van der Waals surface area contributed by atoms with Crippen molar-refractivity contribution in [1.82, 2.24) is 19.6 Å². The first-order chi connectivity index (χ1) is 12.4. The van der Waals surface area contributed by atoms with E-state index in [1.54, 1.807) is 0 Å². The minimum Gasteiger partial charge on any atom is -0.326 e. The van der Waals surface area contributed by atoms with E-state index in [1.165, 1.54) is 5.56 Å². The zero-order valence-corrected chi connectivity index (χ0v) is 16.2. The minimum absolute atomic E-state index is 0.000877. The monoisotopic (exact) mass is 355 g/mol. The normalized spacial score (nSPS) is 16.0. The Kier molecular flexibility index (Phi) is 5.74. The molecule has 1 N–H and O–H groups in total. The molecule has 2 heterocycles. The van der Waals surface area contributed by atoms with E-state index in [0.29, 0.717) is 6.42 Å². The van der Waals surface area contributed by atoms with Crippen LogP contribution in [-0.2, 0) is 24.8 Å². The highest BCUT2D eigenvalue weighted by Gasteiger charge is 2.15. The van der Waals surface area contributed by atoms with Crippen LogP contribution in [0.1, 0.15) is 22.5 Å². The Bertz CT molecular complexity index is 775. The van der Waals surface area contributed by atoms with Gasteiger partial charge in [0.2, 0.25) is 5.91 Å². The van der Waals surface area contributed by atoms with Gasteiger partial charge in [0.05, 0.1) is 12.1 Å². The molecule has 0 unspecified atom stereocenters. The number of piperazine rings is 1. The summed E-state index contributed by atoms with van der Waals surface area (Å²) < 4.78 is 1.83. The predicted molar refractivity (Wildman–Crippen MR) is 104 cm³/mol. The second-order valence-corrected chi connectivity index (χ2v) is 7.28. The molecule has 0 radical (unpaired) electrons. The standard InChI is InChI=1S/C20H29N5O/c1-15-19(16(2)24(4)22-15)13-20(26)21-18-7-5-6-17(12-18)14-25-10-8-23(3)9-11-25/h5-7,12H,8-11,13-14H2,1-4H3,(H,21,26). The molecule has 0 spiro atoms. The summed E-state index contributed by atoms with van der Waals surface area (Å²) in [4.78, 5) is 17.3. The molecule has 2 aromatic rings. The Hall–Kier alpha value is -2.18. The molecule has 1 fully saturated rings. The first-order valence-electron chi connectivity index (χ1n) is 9.21. The van der Waals surface area contributed by atoms with E-state index >= 15 is 0 Å². The summed E-state index contributed by atoms with van der Waals surface area (Å²) in [5, 5.41) is 7.42. The van der Waals surface area contributed by atoms with Crippen molar-refractivity contribution in [2.24, 2.45) is 7.05 Å². The maximum Gasteiger partial charge on any atom is 0.228 e. The number of hydrogen-bond acceptors (Lipinski definition) is 4. The van der Waals surface area contributed by atoms with E-state index in [4.69, 9.17) is 0 Å². The van der Waals surface area contributed by atoms with Crippen LogP contribution < -0.4 is 5.32 Å². The quantitative estimate of drug-likeness (QED) is 0.891. The van der Waals surface area contributed by atoms with Crippen molar-refractivity contribution < 1.29 is 4.79 Å². The van der Waals surface area contributed by atoms with Gasteiger partial charge in [-0.15, -0.1) is 0 Å². The van der Waals surface area contributed by atoms with Gasteiger partial charge in [0.15, 0.2) is 0 Å². The van der Waals surface area contributed by atoms with E-state index in [-0.39, 0.29) is 5.91 Å². The van der Waals surface area contributed by atoms with Crippen molar-refractivity contribution in [3.8, 4) is 0 Å². The fraction of sp³-hybridized carbons (Fsp3) is 0.500. The highest BCUT2D eigenvalue weighted by Crippen LogP contribution is 2.16. The number of anilines is 1. The van der Waals surface area contributed by atoms with E-state index in [0.717, 1.165) is 55.4 Å². The number of benzene rings is 1. The minimum atomic E-state index is 0.000877. The summed E-state index contributed by atoms with van der Waals surface area (Å²) in [6.45, 7) is 9.28. The maximum atomic E-state index is 12.5. The summed E-state index contributed by atoms with van der Waals surface area (Å²) in [7, 11) is 4.07. The largest absolute Gasteiger partial charge is 0.326 e. The van der Waals surface area contributed by atoms with E-state index in [9.17, 15) is 4.79 Å². The molecule has 140 valence electrons. The number of amides is 1. The van der Waals surface area contributed by atoms with Gasteiger partial charge in [-0.3, -0.25) is 14.4 Å². The molecular formula is C20H29N5O. The van der Waals surface area contributed by atoms with Crippen LogP contribution in [0.5, 0.6) is 0 Å². The van der Waals surface area contributed by atoms with Gasteiger partial charge in [-0.25, -0.2) is 0 Å². The van der Waals surface area contributed by atoms with Crippen molar-refractivity contribution >= 4 is 11.6 Å². The lowest BCUT2D eigenvalue weighted by atomic mass is 10.1. The van der Waals surface area contributed by atoms with Crippen LogP contribution in [0.4, 0.5) is 5.69 Å². The third kappa shape index (κ3) is 4.51. The highest BCUT2D eigenvalue weighted by atomic mass is 16.1. The van der Waals surface area contributed by atoms with Crippen molar-refractivity contribution in [2.75, 3.05) is 38.5 Å². The third-order valence-electron chi connectivity index (χ3n) is 5.21. The second-order valence-electron chi connectivity index (χ2n) is 7.28. The molecule has 1 aliphatic rings. The Morgan fingerprint density at radius 2 is 1.88 bits per heavy atom. The number of aryl methyl sites for hydroxylation is 2. The summed E-state index contributed by atoms with van der Waals surface area (Å²) in [6, 6.07) is 8.18. The smallest absolute Gasteiger partial charge is 0.228 e. The molecule has 1 aromatic heterocycles. The van der Waals surface area contributed by atoms with E-state index in [2.05, 4.69) is 39.4 Å². The lowest BCUT2D eigenvalue weighted by Gasteiger charge is -2.32. The zero-order valence-electron chi connectivity index (χ0n) is 16.2. The first kappa shape index (κ1) is 18.6. The van der Waals surface area contributed by atoms with Crippen LogP contribution in [-0.4, -0.2) is 58.7 Å². The summed E-state index contributed by atoms with van der Waals surface area (Å²) in [5.41, 5.74) is 5.07. The molecule has 1 amide bonds. The topological polar surface area (TPSA) is 53.4 Å². The molecule has 1 saturated heterocycles. The van der Waals surface area contributed by atoms with Gasteiger partial charge >= 0.3 is 0 Å². The molecule has 0 aliphatic carbocycles. The second kappa shape index (κ2) is 8.01. The van der Waals surface area contributed by atoms with Crippen LogP contribution in [0, 0.1) is 13.8 Å². The fourth-order valence-electron chi connectivity index (χ4n) is 3.45. The molecule has 3 rings (SSSR count). The number of aromatic nitrogens is 2. The van der Waals surface area contributed by atoms with Crippen LogP contribution in [0.3, 0.4) is 0 Å². The number of likely N-dealkylation sites (N-methyl/N-ethyl adjacent to an activating group) is 1. The summed E-state index contributed by atoms with van der Waals surface area (Å²) >= 11 is 0. The Morgan fingerprint density at radius 3 is 2.54 bits per heavy atom. The highest BCUT2D eigenvalue weighted by molar-refractivity contribution is 5.92. The van der Waals surface area contributed by atoms with Crippen molar-refractivity contribution in [2.45, 2.75) is 26.8 Å². The molecule has 0 atom stereocenters. The fourth-order valence-corrected chi connectivity index (χ4v) is 3.45. The number of carbonyl (C=O) groups is 1. The molecule has 1 aliphatic heterocycles. The SMILES string of the molecule is Cc1nn(C)c(C)c1CC(=O)Nc1cccc(CN2CCN(C)CC2)c1. The van der Waals surface area contributed by atoms with Gasteiger partial charge in [0, 0.05) is 56.7 Å². The molecule has 0 saturated carbocycles. The average Bonchev–Trinajstić information content (AvgIpc) is 2.83. The number of hydrogen-bond donors (Lipinski definition) is 1. The summed E-state index contributed by atoms with van der Waals surface area (Å²) in [5.74, 6) is 0.000877.